The number of ether oxygens (including phenoxy) is 6. The second kappa shape index (κ2) is 17.4. The van der Waals surface area contributed by atoms with Crippen LogP contribution in [0.1, 0.15) is 29.5 Å². The lowest BCUT2D eigenvalue weighted by atomic mass is 10.0. The summed E-state index contributed by atoms with van der Waals surface area (Å²) < 4.78 is 63.8. The summed E-state index contributed by atoms with van der Waals surface area (Å²) in [6, 6.07) is 20.3. The lowest BCUT2D eigenvalue weighted by Gasteiger charge is -2.38. The Morgan fingerprint density at radius 3 is 1.78 bits per heavy atom. The van der Waals surface area contributed by atoms with E-state index in [0.717, 1.165) is 52.2 Å². The molecule has 3 heterocycles. The molecule has 13 heteroatoms. The van der Waals surface area contributed by atoms with Crippen molar-refractivity contribution in [2.75, 3.05) is 55.7 Å². The van der Waals surface area contributed by atoms with E-state index in [1.165, 1.54) is 0 Å². The minimum atomic E-state index is -3.86. The molecule has 0 radical (unpaired) electrons. The summed E-state index contributed by atoms with van der Waals surface area (Å²) in [4.78, 5) is 11.8. The topological polar surface area (TPSA) is 122 Å². The molecular formula is C42H48N4O8S. The van der Waals surface area contributed by atoms with Gasteiger partial charge in [-0.2, -0.15) is 4.31 Å². The number of hydrogen-bond acceptors (Lipinski definition) is 11. The lowest BCUT2D eigenvalue weighted by Crippen LogP contribution is -2.46. The number of piperidine rings is 1. The van der Waals surface area contributed by atoms with Crippen molar-refractivity contribution >= 4 is 10.0 Å². The van der Waals surface area contributed by atoms with E-state index in [1.54, 1.807) is 77.7 Å². The zero-order valence-electron chi connectivity index (χ0n) is 32.4. The van der Waals surface area contributed by atoms with Crippen molar-refractivity contribution in [3.05, 3.63) is 102 Å². The van der Waals surface area contributed by atoms with Crippen LogP contribution in [0.5, 0.6) is 34.5 Å². The maximum atomic E-state index is 14.4. The fourth-order valence-corrected chi connectivity index (χ4v) is 8.67. The Hall–Kier alpha value is -5.37. The van der Waals surface area contributed by atoms with Crippen LogP contribution in [0.4, 0.5) is 0 Å². The molecule has 0 amide bonds. The first-order valence-electron chi connectivity index (χ1n) is 17.9. The molecule has 1 aliphatic rings. The zero-order chi connectivity index (χ0) is 39.1. The van der Waals surface area contributed by atoms with Crippen LogP contribution < -0.4 is 28.4 Å². The molecule has 0 unspecified atom stereocenters. The number of pyridine rings is 2. The van der Waals surface area contributed by atoms with Crippen molar-refractivity contribution in [2.45, 2.75) is 43.8 Å². The number of hydrogen-bond donors (Lipinski definition) is 0. The van der Waals surface area contributed by atoms with Gasteiger partial charge in [-0.1, -0.05) is 17.7 Å². The number of aromatic nitrogens is 2. The van der Waals surface area contributed by atoms with Gasteiger partial charge in [0.05, 0.1) is 53.2 Å². The van der Waals surface area contributed by atoms with E-state index in [1.807, 2.05) is 55.5 Å². The molecule has 2 aromatic heterocycles. The summed E-state index contributed by atoms with van der Waals surface area (Å²) in [7, 11) is 5.60. The van der Waals surface area contributed by atoms with Gasteiger partial charge in [0.15, 0.2) is 23.0 Å². The molecule has 12 nitrogen and oxygen atoms in total. The maximum Gasteiger partial charge on any atom is 0.243 e. The van der Waals surface area contributed by atoms with Gasteiger partial charge in [-0.25, -0.2) is 8.42 Å². The fraction of sp³-hybridized carbons (Fsp3) is 0.333. The second-order valence-electron chi connectivity index (χ2n) is 13.3. The highest BCUT2D eigenvalue weighted by molar-refractivity contribution is 7.89. The summed E-state index contributed by atoms with van der Waals surface area (Å²) in [5, 5.41) is 0. The van der Waals surface area contributed by atoms with E-state index >= 15 is 0 Å². The average molecular weight is 769 g/mol. The van der Waals surface area contributed by atoms with E-state index in [9.17, 15) is 8.42 Å². The standard InChI is InChI=1S/C42H48N4O8S/c1-28-8-10-35(11-9-28)55(47,48)46(27-30-18-33(25-43-24-30)31-20-37(49-2)41(53-6)38(21-31)50-3)34-13-16-45(17-14-34)26-29-12-15-44-36(19-29)32-22-39(51-4)42(54-7)40(23-32)52-5/h8-12,15,18-25,34H,13-14,16-17,26-27H2,1-7H3. The molecule has 0 atom stereocenters. The fourth-order valence-electron chi connectivity index (χ4n) is 7.00. The van der Waals surface area contributed by atoms with Gasteiger partial charge >= 0.3 is 0 Å². The Morgan fingerprint density at radius 2 is 1.24 bits per heavy atom. The zero-order valence-corrected chi connectivity index (χ0v) is 33.2. The molecule has 1 aliphatic heterocycles. The molecule has 3 aromatic carbocycles. The Bertz CT molecular complexity index is 2160. The summed E-state index contributed by atoms with van der Waals surface area (Å²) >= 11 is 0. The first-order valence-corrected chi connectivity index (χ1v) is 19.4. The molecule has 5 aromatic rings. The maximum absolute atomic E-state index is 14.4. The number of likely N-dealkylation sites (tertiary alicyclic amines) is 1. The molecule has 1 fully saturated rings. The van der Waals surface area contributed by atoms with Gasteiger partial charge in [0.2, 0.25) is 21.5 Å². The number of sulfonamides is 1. The molecule has 0 bridgehead atoms. The van der Waals surface area contributed by atoms with Gasteiger partial charge in [-0.15, -0.1) is 0 Å². The van der Waals surface area contributed by atoms with Crippen LogP contribution in [0.2, 0.25) is 0 Å². The molecule has 0 spiro atoms. The first-order chi connectivity index (χ1) is 26.6. The van der Waals surface area contributed by atoms with Crippen molar-refractivity contribution in [1.29, 1.82) is 0 Å². The van der Waals surface area contributed by atoms with Crippen molar-refractivity contribution in [1.82, 2.24) is 19.2 Å². The van der Waals surface area contributed by atoms with Crippen molar-refractivity contribution in [3.8, 4) is 56.9 Å². The number of methoxy groups -OCH3 is 6. The third kappa shape index (κ3) is 8.64. The van der Waals surface area contributed by atoms with Gasteiger partial charge in [0.1, 0.15) is 0 Å². The Kier molecular flexibility index (Phi) is 12.4. The van der Waals surface area contributed by atoms with E-state index < -0.39 is 10.0 Å². The number of rotatable bonds is 15. The van der Waals surface area contributed by atoms with Gasteiger partial charge in [-0.3, -0.25) is 14.9 Å². The molecule has 1 saturated heterocycles. The SMILES string of the molecule is COc1cc(-c2cncc(CN(C3CCN(Cc4ccnc(-c5cc(OC)c(OC)c(OC)c5)c4)CC3)S(=O)(=O)c3ccc(C)cc3)c2)cc(OC)c1OC. The third-order valence-electron chi connectivity index (χ3n) is 9.91. The summed E-state index contributed by atoms with van der Waals surface area (Å²) in [5.41, 5.74) is 6.07. The van der Waals surface area contributed by atoms with E-state index in [0.29, 0.717) is 53.9 Å². The summed E-state index contributed by atoms with van der Waals surface area (Å²) in [5.74, 6) is 3.15. The minimum absolute atomic E-state index is 0.161. The molecule has 6 rings (SSSR count). The second-order valence-corrected chi connectivity index (χ2v) is 15.2. The van der Waals surface area contributed by atoms with Gasteiger partial charge in [0, 0.05) is 61.9 Å². The van der Waals surface area contributed by atoms with Crippen LogP contribution in [0.25, 0.3) is 22.4 Å². The number of benzene rings is 3. The highest BCUT2D eigenvalue weighted by atomic mass is 32.2. The number of aryl methyl sites for hydroxylation is 1. The Labute approximate surface area is 323 Å². The summed E-state index contributed by atoms with van der Waals surface area (Å²) in [6.45, 7) is 4.24. The summed E-state index contributed by atoms with van der Waals surface area (Å²) in [6.07, 6.45) is 6.60. The third-order valence-corrected chi connectivity index (χ3v) is 11.8. The van der Waals surface area contributed by atoms with Crippen molar-refractivity contribution in [2.24, 2.45) is 0 Å². The molecular weight excluding hydrogens is 721 g/mol. The molecule has 0 N–H and O–H groups in total. The smallest absolute Gasteiger partial charge is 0.243 e. The van der Waals surface area contributed by atoms with Gasteiger partial charge < -0.3 is 28.4 Å². The van der Waals surface area contributed by atoms with Crippen LogP contribution >= 0.6 is 0 Å². The van der Waals surface area contributed by atoms with E-state index in [4.69, 9.17) is 28.4 Å². The Morgan fingerprint density at radius 1 is 0.673 bits per heavy atom. The minimum Gasteiger partial charge on any atom is -0.493 e. The van der Waals surface area contributed by atoms with Crippen molar-refractivity contribution < 1.29 is 36.8 Å². The molecule has 55 heavy (non-hydrogen) atoms. The highest BCUT2D eigenvalue weighted by Gasteiger charge is 2.34. The quantitative estimate of drug-likeness (QED) is 0.109. The highest BCUT2D eigenvalue weighted by Crippen LogP contribution is 2.42. The largest absolute Gasteiger partial charge is 0.493 e. The monoisotopic (exact) mass is 768 g/mol. The van der Waals surface area contributed by atoms with Crippen LogP contribution in [0, 0.1) is 6.92 Å². The Balaban J connectivity index is 1.23. The van der Waals surface area contributed by atoms with Crippen LogP contribution in [0.3, 0.4) is 0 Å². The first kappa shape index (κ1) is 39.3. The molecule has 0 saturated carbocycles. The van der Waals surface area contributed by atoms with Gasteiger partial charge in [0.25, 0.3) is 0 Å². The van der Waals surface area contributed by atoms with Crippen LogP contribution in [-0.4, -0.2) is 89.4 Å². The lowest BCUT2D eigenvalue weighted by molar-refractivity contribution is 0.150. The molecule has 0 aliphatic carbocycles. The van der Waals surface area contributed by atoms with Crippen molar-refractivity contribution in [3.63, 3.8) is 0 Å². The van der Waals surface area contributed by atoms with Crippen LogP contribution in [0.15, 0.2) is 90.2 Å². The normalized spacial score (nSPS) is 13.7. The van der Waals surface area contributed by atoms with Gasteiger partial charge in [-0.05, 0) is 91.1 Å². The predicted molar refractivity (Wildman–Crippen MR) is 211 cm³/mol. The van der Waals surface area contributed by atoms with E-state index in [-0.39, 0.29) is 17.5 Å². The van der Waals surface area contributed by atoms with Crippen LogP contribution in [-0.2, 0) is 23.1 Å². The van der Waals surface area contributed by atoms with E-state index in [2.05, 4.69) is 20.9 Å². The average Bonchev–Trinajstić information content (AvgIpc) is 3.22. The number of nitrogens with zero attached hydrogens (tertiary/aromatic N) is 4. The molecule has 290 valence electrons. The predicted octanol–water partition coefficient (Wildman–Crippen LogP) is 7.03.